The van der Waals surface area contributed by atoms with E-state index >= 15 is 0 Å². The average Bonchev–Trinajstić information content (AvgIpc) is 2.24. The summed E-state index contributed by atoms with van der Waals surface area (Å²) in [5, 5.41) is 2.72. The fourth-order valence-electron chi connectivity index (χ4n) is 1.37. The highest BCUT2D eigenvalue weighted by Gasteiger charge is 2.14. The summed E-state index contributed by atoms with van der Waals surface area (Å²) >= 11 is 0. The number of carbonyl (C=O) groups is 2. The number of nitrogens with zero attached hydrogens (tertiary/aromatic N) is 1. The molecule has 0 unspecified atom stereocenters. The monoisotopic (exact) mass is 243 g/mol. The maximum absolute atomic E-state index is 11.6. The number of amides is 2. The molecule has 0 heterocycles. The topological polar surface area (TPSA) is 75.4 Å². The van der Waals surface area contributed by atoms with E-state index in [2.05, 4.69) is 5.32 Å². The van der Waals surface area contributed by atoms with Crippen molar-refractivity contribution in [3.05, 3.63) is 0 Å². The van der Waals surface area contributed by atoms with Crippen molar-refractivity contribution in [1.82, 2.24) is 10.2 Å². The standard InChI is InChI=1S/C12H25N3O2/c1-5-15(6-2)11(17)8-7-10(16)14-9-12(3,4)13/h5-9,13H2,1-4H3,(H,14,16). The zero-order chi connectivity index (χ0) is 13.5. The van der Waals surface area contributed by atoms with Crippen molar-refractivity contribution in [2.24, 2.45) is 5.73 Å². The molecule has 0 aromatic heterocycles. The third-order valence-corrected chi connectivity index (χ3v) is 2.42. The number of carbonyl (C=O) groups excluding carboxylic acids is 2. The van der Waals surface area contributed by atoms with E-state index in [-0.39, 0.29) is 24.7 Å². The van der Waals surface area contributed by atoms with Crippen molar-refractivity contribution in [2.45, 2.75) is 46.1 Å². The second kappa shape index (κ2) is 7.27. The molecule has 5 nitrogen and oxygen atoms in total. The summed E-state index contributed by atoms with van der Waals surface area (Å²) < 4.78 is 0. The van der Waals surface area contributed by atoms with Crippen LogP contribution >= 0.6 is 0 Å². The van der Waals surface area contributed by atoms with Crippen molar-refractivity contribution in [3.63, 3.8) is 0 Å². The van der Waals surface area contributed by atoms with E-state index < -0.39 is 5.54 Å². The maximum atomic E-state index is 11.6. The van der Waals surface area contributed by atoms with Crippen LogP contribution in [0.1, 0.15) is 40.5 Å². The Morgan fingerprint density at radius 3 is 2.12 bits per heavy atom. The number of nitrogens with two attached hydrogens (primary N) is 1. The smallest absolute Gasteiger partial charge is 0.223 e. The van der Waals surface area contributed by atoms with E-state index in [4.69, 9.17) is 5.73 Å². The molecule has 0 saturated carbocycles. The second-order valence-electron chi connectivity index (χ2n) is 4.83. The van der Waals surface area contributed by atoms with E-state index in [1.807, 2.05) is 27.7 Å². The zero-order valence-corrected chi connectivity index (χ0v) is 11.4. The van der Waals surface area contributed by atoms with Gasteiger partial charge in [-0.15, -0.1) is 0 Å². The molecule has 0 bridgehead atoms. The fraction of sp³-hybridized carbons (Fsp3) is 0.833. The number of nitrogens with one attached hydrogen (secondary N) is 1. The highest BCUT2D eigenvalue weighted by Crippen LogP contribution is 1.99. The van der Waals surface area contributed by atoms with Crippen LogP contribution in [-0.2, 0) is 9.59 Å². The van der Waals surface area contributed by atoms with Crippen molar-refractivity contribution in [1.29, 1.82) is 0 Å². The van der Waals surface area contributed by atoms with E-state index in [1.54, 1.807) is 4.90 Å². The molecule has 0 fully saturated rings. The Balaban J connectivity index is 3.88. The predicted molar refractivity (Wildman–Crippen MR) is 68.4 cm³/mol. The number of hydrogen-bond donors (Lipinski definition) is 2. The largest absolute Gasteiger partial charge is 0.354 e. The number of hydrogen-bond acceptors (Lipinski definition) is 3. The summed E-state index contributed by atoms with van der Waals surface area (Å²) in [5.41, 5.74) is 5.32. The average molecular weight is 243 g/mol. The van der Waals surface area contributed by atoms with Crippen molar-refractivity contribution < 1.29 is 9.59 Å². The first kappa shape index (κ1) is 15.9. The molecule has 0 aromatic carbocycles. The minimum Gasteiger partial charge on any atom is -0.354 e. The molecule has 0 aliphatic heterocycles. The molecule has 0 radical (unpaired) electrons. The van der Waals surface area contributed by atoms with Gasteiger partial charge in [0, 0.05) is 38.0 Å². The summed E-state index contributed by atoms with van der Waals surface area (Å²) in [6.07, 6.45) is 0.490. The lowest BCUT2D eigenvalue weighted by Crippen LogP contribution is -2.45. The van der Waals surface area contributed by atoms with Gasteiger partial charge in [0.15, 0.2) is 0 Å². The van der Waals surface area contributed by atoms with Crippen LogP contribution in [-0.4, -0.2) is 41.9 Å². The van der Waals surface area contributed by atoms with Crippen LogP contribution in [0.25, 0.3) is 0 Å². The van der Waals surface area contributed by atoms with Crippen molar-refractivity contribution in [3.8, 4) is 0 Å². The van der Waals surface area contributed by atoms with Crippen LogP contribution in [0.15, 0.2) is 0 Å². The summed E-state index contributed by atoms with van der Waals surface area (Å²) in [6.45, 7) is 9.34. The van der Waals surface area contributed by atoms with Gasteiger partial charge in [-0.3, -0.25) is 9.59 Å². The van der Waals surface area contributed by atoms with Crippen LogP contribution in [0.2, 0.25) is 0 Å². The molecule has 0 aromatic rings. The highest BCUT2D eigenvalue weighted by molar-refractivity contribution is 5.83. The van der Waals surface area contributed by atoms with Gasteiger partial charge >= 0.3 is 0 Å². The minimum absolute atomic E-state index is 0.0251. The normalized spacial score (nSPS) is 11.1. The zero-order valence-electron chi connectivity index (χ0n) is 11.4. The molecule has 17 heavy (non-hydrogen) atoms. The Kier molecular flexibility index (Phi) is 6.80. The third kappa shape index (κ3) is 7.74. The number of rotatable bonds is 7. The van der Waals surface area contributed by atoms with Crippen LogP contribution in [0.3, 0.4) is 0 Å². The summed E-state index contributed by atoms with van der Waals surface area (Å²) in [5.74, 6) is -0.0961. The molecule has 0 saturated heterocycles. The molecule has 0 aliphatic carbocycles. The van der Waals surface area contributed by atoms with Gasteiger partial charge in [-0.1, -0.05) is 0 Å². The van der Waals surface area contributed by atoms with Crippen molar-refractivity contribution >= 4 is 11.8 Å². The van der Waals surface area contributed by atoms with Crippen LogP contribution in [0.5, 0.6) is 0 Å². The Morgan fingerprint density at radius 2 is 1.71 bits per heavy atom. The second-order valence-corrected chi connectivity index (χ2v) is 4.83. The lowest BCUT2D eigenvalue weighted by Gasteiger charge is -2.20. The summed E-state index contributed by atoms with van der Waals surface area (Å²) in [6, 6.07) is 0. The maximum Gasteiger partial charge on any atom is 0.223 e. The predicted octanol–water partition coefficient (Wildman–Crippen LogP) is 0.489. The van der Waals surface area contributed by atoms with Gasteiger partial charge in [0.2, 0.25) is 11.8 Å². The third-order valence-electron chi connectivity index (χ3n) is 2.42. The molecule has 5 heteroatoms. The molecule has 0 rings (SSSR count). The van der Waals surface area contributed by atoms with Gasteiger partial charge in [-0.05, 0) is 27.7 Å². The van der Waals surface area contributed by atoms with E-state index in [0.29, 0.717) is 19.6 Å². The highest BCUT2D eigenvalue weighted by atomic mass is 16.2. The summed E-state index contributed by atoms with van der Waals surface area (Å²) in [7, 11) is 0. The molecule has 3 N–H and O–H groups in total. The molecule has 0 aliphatic rings. The van der Waals surface area contributed by atoms with Gasteiger partial charge in [0.25, 0.3) is 0 Å². The Labute approximate surface area is 104 Å². The quantitative estimate of drug-likeness (QED) is 0.683. The Bertz CT molecular complexity index is 255. The molecule has 0 spiro atoms. The van der Waals surface area contributed by atoms with Gasteiger partial charge in [-0.25, -0.2) is 0 Å². The van der Waals surface area contributed by atoms with E-state index in [0.717, 1.165) is 0 Å². The van der Waals surface area contributed by atoms with Crippen LogP contribution < -0.4 is 11.1 Å². The lowest BCUT2D eigenvalue weighted by atomic mass is 10.1. The summed E-state index contributed by atoms with van der Waals surface area (Å²) in [4.78, 5) is 24.8. The SMILES string of the molecule is CCN(CC)C(=O)CCC(=O)NCC(C)(C)N. The molecule has 2 amide bonds. The Morgan fingerprint density at radius 1 is 1.18 bits per heavy atom. The first-order valence-corrected chi connectivity index (χ1v) is 6.13. The first-order valence-electron chi connectivity index (χ1n) is 6.13. The van der Waals surface area contributed by atoms with Gasteiger partial charge in [0.1, 0.15) is 0 Å². The molecule has 0 atom stereocenters. The lowest BCUT2D eigenvalue weighted by molar-refractivity contribution is -0.133. The van der Waals surface area contributed by atoms with E-state index in [1.165, 1.54) is 0 Å². The van der Waals surface area contributed by atoms with Crippen LogP contribution in [0.4, 0.5) is 0 Å². The Hall–Kier alpha value is -1.10. The van der Waals surface area contributed by atoms with Crippen molar-refractivity contribution in [2.75, 3.05) is 19.6 Å². The van der Waals surface area contributed by atoms with Gasteiger partial charge < -0.3 is 16.0 Å². The van der Waals surface area contributed by atoms with E-state index in [9.17, 15) is 9.59 Å². The molecular formula is C12H25N3O2. The fourth-order valence-corrected chi connectivity index (χ4v) is 1.37. The first-order chi connectivity index (χ1) is 7.80. The van der Waals surface area contributed by atoms with Gasteiger partial charge in [-0.2, -0.15) is 0 Å². The minimum atomic E-state index is -0.418. The molecular weight excluding hydrogens is 218 g/mol. The van der Waals surface area contributed by atoms with Crippen LogP contribution in [0, 0.1) is 0 Å². The van der Waals surface area contributed by atoms with Gasteiger partial charge in [0.05, 0.1) is 0 Å². The molecule has 100 valence electrons.